The van der Waals surface area contributed by atoms with E-state index in [1.807, 2.05) is 13.1 Å². The summed E-state index contributed by atoms with van der Waals surface area (Å²) in [6.45, 7) is 0.832. The molecular weight excluding hydrogens is 270 g/mol. The van der Waals surface area contributed by atoms with E-state index in [9.17, 15) is 4.79 Å². The number of fused-ring (bicyclic) bond motifs is 1. The highest BCUT2D eigenvalue weighted by Gasteiger charge is 2.18. The number of carbonyl (C=O) groups is 1. The van der Waals surface area contributed by atoms with Crippen molar-refractivity contribution < 1.29 is 4.79 Å². The average Bonchev–Trinajstić information content (AvgIpc) is 2.90. The van der Waals surface area contributed by atoms with Gasteiger partial charge in [0.15, 0.2) is 0 Å². The summed E-state index contributed by atoms with van der Waals surface area (Å²) >= 11 is 1.70. The lowest BCUT2D eigenvalue weighted by molar-refractivity contribution is -0.116. The van der Waals surface area contributed by atoms with Gasteiger partial charge in [0, 0.05) is 25.7 Å². The van der Waals surface area contributed by atoms with E-state index in [0.717, 1.165) is 29.9 Å². The second-order valence-electron chi connectivity index (χ2n) is 5.10. The lowest BCUT2D eigenvalue weighted by Crippen LogP contribution is -2.22. The molecule has 5 heteroatoms. The standard InChI is InChI=1S/C15H17N3OS/c1-18(8-10-4-5-20-9-10)14-6-11-2-3-15(19)17-13(11)7-12(14)16/h4-7,9H,2-3,8,16H2,1H3,(H,17,19). The minimum Gasteiger partial charge on any atom is -0.397 e. The van der Waals surface area contributed by atoms with Gasteiger partial charge in [-0.1, -0.05) is 0 Å². The fourth-order valence-electron chi connectivity index (χ4n) is 2.50. The Bertz CT molecular complexity index is 637. The van der Waals surface area contributed by atoms with Gasteiger partial charge < -0.3 is 16.0 Å². The monoisotopic (exact) mass is 287 g/mol. The summed E-state index contributed by atoms with van der Waals surface area (Å²) in [6.07, 6.45) is 1.32. The van der Waals surface area contributed by atoms with E-state index in [1.54, 1.807) is 11.3 Å². The number of nitrogens with two attached hydrogens (primary N) is 1. The van der Waals surface area contributed by atoms with Gasteiger partial charge in [0.2, 0.25) is 5.91 Å². The van der Waals surface area contributed by atoms with Crippen molar-refractivity contribution in [2.45, 2.75) is 19.4 Å². The first-order chi connectivity index (χ1) is 9.63. The summed E-state index contributed by atoms with van der Waals surface area (Å²) in [6, 6.07) is 6.08. The van der Waals surface area contributed by atoms with Crippen molar-refractivity contribution in [3.8, 4) is 0 Å². The van der Waals surface area contributed by atoms with Crippen LogP contribution in [0, 0.1) is 0 Å². The molecule has 20 heavy (non-hydrogen) atoms. The Morgan fingerprint density at radius 3 is 3.00 bits per heavy atom. The molecule has 0 saturated carbocycles. The third kappa shape index (κ3) is 2.49. The van der Waals surface area contributed by atoms with Crippen molar-refractivity contribution in [3.63, 3.8) is 0 Å². The molecule has 0 spiro atoms. The average molecular weight is 287 g/mol. The quantitative estimate of drug-likeness (QED) is 0.853. The van der Waals surface area contributed by atoms with Crippen LogP contribution in [0.5, 0.6) is 0 Å². The van der Waals surface area contributed by atoms with Crippen molar-refractivity contribution in [3.05, 3.63) is 40.1 Å². The van der Waals surface area contributed by atoms with E-state index in [-0.39, 0.29) is 5.91 Å². The second-order valence-corrected chi connectivity index (χ2v) is 5.88. The zero-order chi connectivity index (χ0) is 14.1. The second kappa shape index (κ2) is 5.17. The largest absolute Gasteiger partial charge is 0.397 e. The number of rotatable bonds is 3. The summed E-state index contributed by atoms with van der Waals surface area (Å²) in [5.74, 6) is 0.0660. The highest BCUT2D eigenvalue weighted by Crippen LogP contribution is 2.33. The Hall–Kier alpha value is -2.01. The molecule has 2 heterocycles. The molecule has 0 bridgehead atoms. The Morgan fingerprint density at radius 1 is 1.40 bits per heavy atom. The van der Waals surface area contributed by atoms with Crippen LogP contribution in [0.3, 0.4) is 0 Å². The predicted molar refractivity (Wildman–Crippen MR) is 84.2 cm³/mol. The SMILES string of the molecule is CN(Cc1ccsc1)c1cc2c(cc1N)NC(=O)CC2. The molecule has 0 radical (unpaired) electrons. The van der Waals surface area contributed by atoms with E-state index >= 15 is 0 Å². The zero-order valence-electron chi connectivity index (χ0n) is 11.3. The number of nitrogens with zero attached hydrogens (tertiary/aromatic N) is 1. The number of carbonyl (C=O) groups excluding carboxylic acids is 1. The summed E-state index contributed by atoms with van der Waals surface area (Å²) < 4.78 is 0. The minimum absolute atomic E-state index is 0.0660. The van der Waals surface area contributed by atoms with E-state index in [2.05, 4.69) is 33.1 Å². The fourth-order valence-corrected chi connectivity index (χ4v) is 3.16. The Morgan fingerprint density at radius 2 is 2.25 bits per heavy atom. The molecule has 0 saturated heterocycles. The van der Waals surface area contributed by atoms with Crippen molar-refractivity contribution >= 4 is 34.3 Å². The van der Waals surface area contributed by atoms with Crippen molar-refractivity contribution in [1.29, 1.82) is 0 Å². The molecule has 1 aliphatic rings. The molecule has 2 aromatic rings. The van der Waals surface area contributed by atoms with Crippen LogP contribution in [0.2, 0.25) is 0 Å². The number of aryl methyl sites for hydroxylation is 1. The van der Waals surface area contributed by atoms with Gasteiger partial charge in [0.05, 0.1) is 11.4 Å². The molecule has 0 aliphatic carbocycles. The highest BCUT2D eigenvalue weighted by molar-refractivity contribution is 7.07. The molecule has 1 aromatic carbocycles. The number of nitrogens with one attached hydrogen (secondary N) is 1. The number of anilines is 3. The molecule has 4 nitrogen and oxygen atoms in total. The van der Waals surface area contributed by atoms with Crippen LogP contribution < -0.4 is 16.0 Å². The van der Waals surface area contributed by atoms with Crippen LogP contribution in [0.15, 0.2) is 29.0 Å². The third-order valence-electron chi connectivity index (χ3n) is 3.56. The van der Waals surface area contributed by atoms with Crippen LogP contribution in [0.4, 0.5) is 17.1 Å². The number of thiophene rings is 1. The molecule has 1 aliphatic heterocycles. The van der Waals surface area contributed by atoms with Gasteiger partial charge >= 0.3 is 0 Å². The zero-order valence-corrected chi connectivity index (χ0v) is 12.2. The van der Waals surface area contributed by atoms with Gasteiger partial charge in [0.1, 0.15) is 0 Å². The smallest absolute Gasteiger partial charge is 0.224 e. The van der Waals surface area contributed by atoms with E-state index in [4.69, 9.17) is 5.73 Å². The molecule has 0 fully saturated rings. The molecule has 1 amide bonds. The van der Waals surface area contributed by atoms with Crippen molar-refractivity contribution in [1.82, 2.24) is 0 Å². The molecule has 0 unspecified atom stereocenters. The van der Waals surface area contributed by atoms with Gasteiger partial charge in [-0.2, -0.15) is 11.3 Å². The van der Waals surface area contributed by atoms with Crippen molar-refractivity contribution in [2.75, 3.05) is 23.0 Å². The van der Waals surface area contributed by atoms with Gasteiger partial charge in [-0.15, -0.1) is 0 Å². The molecular formula is C15H17N3OS. The predicted octanol–water partition coefficient (Wildman–Crippen LogP) is 2.85. The van der Waals surface area contributed by atoms with E-state index < -0.39 is 0 Å². The Kier molecular flexibility index (Phi) is 3.36. The van der Waals surface area contributed by atoms with Crippen LogP contribution in [-0.4, -0.2) is 13.0 Å². The maximum absolute atomic E-state index is 11.4. The topological polar surface area (TPSA) is 58.4 Å². The first-order valence-electron chi connectivity index (χ1n) is 6.58. The third-order valence-corrected chi connectivity index (χ3v) is 4.29. The lowest BCUT2D eigenvalue weighted by atomic mass is 10.0. The van der Waals surface area contributed by atoms with Crippen LogP contribution in [0.25, 0.3) is 0 Å². The molecule has 3 rings (SSSR count). The summed E-state index contributed by atoms with van der Waals surface area (Å²) in [5, 5.41) is 7.10. The number of nitrogen functional groups attached to an aromatic ring is 1. The first-order valence-corrected chi connectivity index (χ1v) is 7.52. The fraction of sp³-hybridized carbons (Fsp3) is 0.267. The Labute approximate surface area is 122 Å². The normalized spacial score (nSPS) is 13.8. The van der Waals surface area contributed by atoms with Crippen LogP contribution >= 0.6 is 11.3 Å². The van der Waals surface area contributed by atoms with Gasteiger partial charge in [-0.3, -0.25) is 4.79 Å². The van der Waals surface area contributed by atoms with Gasteiger partial charge in [0.25, 0.3) is 0 Å². The van der Waals surface area contributed by atoms with Crippen LogP contribution in [-0.2, 0) is 17.8 Å². The number of benzene rings is 1. The maximum atomic E-state index is 11.4. The molecule has 3 N–H and O–H groups in total. The van der Waals surface area contributed by atoms with Crippen LogP contribution in [0.1, 0.15) is 17.5 Å². The molecule has 104 valence electrons. The maximum Gasteiger partial charge on any atom is 0.224 e. The molecule has 1 aromatic heterocycles. The van der Waals surface area contributed by atoms with Crippen molar-refractivity contribution in [2.24, 2.45) is 0 Å². The van der Waals surface area contributed by atoms with E-state index in [1.165, 1.54) is 5.56 Å². The number of hydrogen-bond acceptors (Lipinski definition) is 4. The molecule has 0 atom stereocenters. The summed E-state index contributed by atoms with van der Waals surface area (Å²) in [5.41, 5.74) is 11.1. The lowest BCUT2D eigenvalue weighted by Gasteiger charge is -2.25. The highest BCUT2D eigenvalue weighted by atomic mass is 32.1. The summed E-state index contributed by atoms with van der Waals surface area (Å²) in [7, 11) is 2.04. The minimum atomic E-state index is 0.0660. The number of hydrogen-bond donors (Lipinski definition) is 2. The Balaban J connectivity index is 1.88. The van der Waals surface area contributed by atoms with Gasteiger partial charge in [-0.05, 0) is 46.5 Å². The summed E-state index contributed by atoms with van der Waals surface area (Å²) in [4.78, 5) is 13.6. The first kappa shape index (κ1) is 13.0. The van der Waals surface area contributed by atoms with E-state index in [0.29, 0.717) is 12.1 Å². The number of amides is 1. The van der Waals surface area contributed by atoms with Gasteiger partial charge in [-0.25, -0.2) is 0 Å².